The fourth-order valence-corrected chi connectivity index (χ4v) is 9.79. The summed E-state index contributed by atoms with van der Waals surface area (Å²) in [6.07, 6.45) is 0. The summed E-state index contributed by atoms with van der Waals surface area (Å²) in [5.74, 6) is 0. The zero-order valence-electron chi connectivity index (χ0n) is 35.1. The number of hydrogen-bond acceptors (Lipinski definition) is 1. The predicted octanol–water partition coefficient (Wildman–Crippen LogP) is 17.2. The van der Waals surface area contributed by atoms with Crippen molar-refractivity contribution in [1.82, 2.24) is 4.57 Å². The third-order valence-corrected chi connectivity index (χ3v) is 12.8. The first-order valence-electron chi connectivity index (χ1n) is 22.0. The summed E-state index contributed by atoms with van der Waals surface area (Å²) in [7, 11) is 0. The fourth-order valence-electron chi connectivity index (χ4n) is 9.79. The van der Waals surface area contributed by atoms with Gasteiger partial charge in [0.1, 0.15) is 0 Å². The predicted molar refractivity (Wildman–Crippen MR) is 272 cm³/mol. The Kier molecular flexibility index (Phi) is 9.20. The number of aromatic nitrogens is 1. The van der Waals surface area contributed by atoms with Crippen LogP contribution in [0.3, 0.4) is 0 Å². The van der Waals surface area contributed by atoms with Gasteiger partial charge in [0.15, 0.2) is 0 Å². The van der Waals surface area contributed by atoms with Gasteiger partial charge in [0, 0.05) is 33.1 Å². The number of hydrogen-bond donors (Lipinski definition) is 0. The first-order chi connectivity index (χ1) is 31.8. The van der Waals surface area contributed by atoms with E-state index in [0.717, 1.165) is 33.9 Å². The number of benzene rings is 11. The molecule has 0 aliphatic rings. The highest BCUT2D eigenvalue weighted by Crippen LogP contribution is 2.46. The second kappa shape index (κ2) is 15.8. The molecule has 0 aliphatic carbocycles. The Labute approximate surface area is 373 Å². The SMILES string of the molecule is c1ccc(-c2ccc(N(c3ccc(-c4ccccc4-n4c5ccccc5c5ccccc54)c(-c4ccccc4)c3)c3ccc(-c4ccc5ccccc5c4)c4ccccc34)cc2)cc1. The zero-order chi connectivity index (χ0) is 42.4. The van der Waals surface area contributed by atoms with Crippen molar-refractivity contribution in [3.8, 4) is 50.2 Å². The molecule has 64 heavy (non-hydrogen) atoms. The molecule has 300 valence electrons. The van der Waals surface area contributed by atoms with Crippen molar-refractivity contribution < 1.29 is 0 Å². The summed E-state index contributed by atoms with van der Waals surface area (Å²) in [6, 6.07) is 92.8. The molecule has 1 aromatic heterocycles. The van der Waals surface area contributed by atoms with Crippen LogP contribution in [0.4, 0.5) is 17.1 Å². The molecule has 0 aliphatic heterocycles. The Balaban J connectivity index is 1.08. The van der Waals surface area contributed by atoms with Gasteiger partial charge in [-0.15, -0.1) is 0 Å². The minimum absolute atomic E-state index is 1.08. The van der Waals surface area contributed by atoms with Gasteiger partial charge < -0.3 is 9.47 Å². The molecule has 0 fully saturated rings. The molecule has 2 heteroatoms. The molecule has 1 heterocycles. The lowest BCUT2D eigenvalue weighted by Gasteiger charge is -2.29. The highest BCUT2D eigenvalue weighted by molar-refractivity contribution is 6.10. The van der Waals surface area contributed by atoms with E-state index in [1.165, 1.54) is 76.7 Å². The summed E-state index contributed by atoms with van der Waals surface area (Å²) in [4.78, 5) is 2.44. The molecule has 2 nitrogen and oxygen atoms in total. The van der Waals surface area contributed by atoms with Crippen molar-refractivity contribution in [3.63, 3.8) is 0 Å². The largest absolute Gasteiger partial charge is 0.310 e. The Morgan fingerprint density at radius 1 is 0.266 bits per heavy atom. The minimum atomic E-state index is 1.08. The molecule has 0 spiro atoms. The van der Waals surface area contributed by atoms with E-state index in [4.69, 9.17) is 0 Å². The minimum Gasteiger partial charge on any atom is -0.310 e. The van der Waals surface area contributed by atoms with E-state index < -0.39 is 0 Å². The van der Waals surface area contributed by atoms with Crippen LogP contribution in [0, 0.1) is 0 Å². The second-order valence-corrected chi connectivity index (χ2v) is 16.5. The van der Waals surface area contributed by atoms with Crippen LogP contribution >= 0.6 is 0 Å². The molecule has 12 aromatic rings. The Morgan fingerprint density at radius 2 is 0.797 bits per heavy atom. The molecule has 0 saturated carbocycles. The van der Waals surface area contributed by atoms with Gasteiger partial charge in [-0.3, -0.25) is 0 Å². The number of para-hydroxylation sites is 3. The Morgan fingerprint density at radius 3 is 1.53 bits per heavy atom. The molecular weight excluding hydrogens is 773 g/mol. The molecule has 0 saturated heterocycles. The molecule has 11 aromatic carbocycles. The maximum atomic E-state index is 2.44. The highest BCUT2D eigenvalue weighted by Gasteiger charge is 2.22. The topological polar surface area (TPSA) is 8.17 Å². The van der Waals surface area contributed by atoms with E-state index >= 15 is 0 Å². The van der Waals surface area contributed by atoms with E-state index in [9.17, 15) is 0 Å². The molecule has 0 N–H and O–H groups in total. The van der Waals surface area contributed by atoms with Gasteiger partial charge in [0.05, 0.1) is 22.4 Å². The lowest BCUT2D eigenvalue weighted by molar-refractivity contribution is 1.18. The number of anilines is 3. The summed E-state index contributed by atoms with van der Waals surface area (Å²) in [5, 5.41) is 7.37. The number of fused-ring (bicyclic) bond motifs is 5. The van der Waals surface area contributed by atoms with Crippen LogP contribution in [0.25, 0.3) is 93.5 Å². The van der Waals surface area contributed by atoms with Crippen molar-refractivity contribution in [2.24, 2.45) is 0 Å². The fraction of sp³-hybridized carbons (Fsp3) is 0. The van der Waals surface area contributed by atoms with Gasteiger partial charge in [-0.2, -0.15) is 0 Å². The van der Waals surface area contributed by atoms with Crippen molar-refractivity contribution in [2.75, 3.05) is 4.90 Å². The van der Waals surface area contributed by atoms with Crippen LogP contribution < -0.4 is 4.90 Å². The summed E-state index contributed by atoms with van der Waals surface area (Å²) in [6.45, 7) is 0. The van der Waals surface area contributed by atoms with Crippen LogP contribution in [0.15, 0.2) is 255 Å². The first kappa shape index (κ1) is 37.3. The van der Waals surface area contributed by atoms with E-state index in [1.807, 2.05) is 0 Å². The maximum Gasteiger partial charge on any atom is 0.0541 e. The average Bonchev–Trinajstić information content (AvgIpc) is 3.71. The highest BCUT2D eigenvalue weighted by atomic mass is 15.1. The van der Waals surface area contributed by atoms with Gasteiger partial charge in [-0.1, -0.05) is 200 Å². The van der Waals surface area contributed by atoms with Gasteiger partial charge in [-0.05, 0) is 110 Å². The third-order valence-electron chi connectivity index (χ3n) is 12.8. The Hall–Kier alpha value is -8.46. The van der Waals surface area contributed by atoms with Crippen LogP contribution in [0.1, 0.15) is 0 Å². The van der Waals surface area contributed by atoms with Gasteiger partial charge in [0.25, 0.3) is 0 Å². The smallest absolute Gasteiger partial charge is 0.0541 e. The maximum absolute atomic E-state index is 2.44. The van der Waals surface area contributed by atoms with Crippen LogP contribution in [-0.2, 0) is 0 Å². The van der Waals surface area contributed by atoms with E-state index in [-0.39, 0.29) is 0 Å². The Bertz CT molecular complexity index is 3610. The number of rotatable bonds is 8. The van der Waals surface area contributed by atoms with Crippen molar-refractivity contribution in [3.05, 3.63) is 255 Å². The van der Waals surface area contributed by atoms with E-state index in [0.29, 0.717) is 0 Å². The van der Waals surface area contributed by atoms with Crippen LogP contribution in [-0.4, -0.2) is 4.57 Å². The summed E-state index contributed by atoms with van der Waals surface area (Å²) >= 11 is 0. The summed E-state index contributed by atoms with van der Waals surface area (Å²) < 4.78 is 2.44. The van der Waals surface area contributed by atoms with Crippen molar-refractivity contribution >= 4 is 60.4 Å². The molecule has 0 atom stereocenters. The van der Waals surface area contributed by atoms with Crippen molar-refractivity contribution in [2.45, 2.75) is 0 Å². The van der Waals surface area contributed by atoms with Gasteiger partial charge >= 0.3 is 0 Å². The molecule has 0 radical (unpaired) electrons. The number of nitrogens with zero attached hydrogens (tertiary/aromatic N) is 2. The summed E-state index contributed by atoms with van der Waals surface area (Å²) in [5.41, 5.74) is 16.3. The van der Waals surface area contributed by atoms with Gasteiger partial charge in [0.2, 0.25) is 0 Å². The zero-order valence-corrected chi connectivity index (χ0v) is 35.1. The lowest BCUT2D eigenvalue weighted by Crippen LogP contribution is -2.11. The van der Waals surface area contributed by atoms with Gasteiger partial charge in [-0.25, -0.2) is 0 Å². The monoisotopic (exact) mass is 814 g/mol. The first-order valence-corrected chi connectivity index (χ1v) is 22.0. The molecular formula is C62H42N2. The van der Waals surface area contributed by atoms with Crippen LogP contribution in [0.5, 0.6) is 0 Å². The normalized spacial score (nSPS) is 11.4. The molecule has 0 unspecified atom stereocenters. The standard InChI is InChI=1S/C62H42N2/c1-3-17-43(18-4-1)45-33-35-49(36-34-45)63(62-40-39-51(52-23-9-10-24-54(52)62)48-32-31-44-19-7-8-22-47(44)41-48)50-37-38-53(58(42-50)46-20-5-2-6-21-46)55-25-11-14-28-59(55)64-60-29-15-12-26-56(60)57-27-13-16-30-61(57)64/h1-42H. The van der Waals surface area contributed by atoms with E-state index in [2.05, 4.69) is 264 Å². The van der Waals surface area contributed by atoms with Crippen LogP contribution in [0.2, 0.25) is 0 Å². The second-order valence-electron chi connectivity index (χ2n) is 16.5. The average molecular weight is 815 g/mol. The lowest BCUT2D eigenvalue weighted by atomic mass is 9.92. The quantitative estimate of drug-likeness (QED) is 0.148. The molecule has 12 rings (SSSR count). The van der Waals surface area contributed by atoms with E-state index in [1.54, 1.807) is 0 Å². The molecule has 0 bridgehead atoms. The molecule has 0 amide bonds. The third kappa shape index (κ3) is 6.44. The van der Waals surface area contributed by atoms with Crippen molar-refractivity contribution in [1.29, 1.82) is 0 Å².